The molecule has 110 valence electrons. The van der Waals surface area contributed by atoms with Gasteiger partial charge in [0.15, 0.2) is 0 Å². The quantitative estimate of drug-likeness (QED) is 0.872. The summed E-state index contributed by atoms with van der Waals surface area (Å²) in [5.41, 5.74) is 2.06. The van der Waals surface area contributed by atoms with Gasteiger partial charge in [-0.05, 0) is 50.8 Å². The Labute approximate surface area is 120 Å². The number of likely N-dealkylation sites (tertiary alicyclic amines) is 1. The zero-order chi connectivity index (χ0) is 14.8. The molecule has 1 atom stereocenters. The van der Waals surface area contributed by atoms with Gasteiger partial charge in [-0.15, -0.1) is 0 Å². The molecular weight excluding hydrogens is 252 g/mol. The lowest BCUT2D eigenvalue weighted by Crippen LogP contribution is -2.33. The number of rotatable bonds is 2. The number of amides is 1. The Hall–Kier alpha value is -1.55. The van der Waals surface area contributed by atoms with Crippen LogP contribution in [0, 0.1) is 6.92 Å². The second-order valence-electron chi connectivity index (χ2n) is 5.94. The SMILES string of the molecule is CNc1cc(C)ccc1C(=O)N1CCCC(C)(O)CC1. The molecule has 0 spiro atoms. The molecule has 1 amide bonds. The molecule has 4 heteroatoms. The average Bonchev–Trinajstić information content (AvgIpc) is 2.59. The minimum Gasteiger partial charge on any atom is -0.390 e. The zero-order valence-electron chi connectivity index (χ0n) is 12.6. The van der Waals surface area contributed by atoms with Gasteiger partial charge in [0, 0.05) is 25.8 Å². The Morgan fingerprint density at radius 2 is 2.10 bits per heavy atom. The minimum absolute atomic E-state index is 0.0482. The first-order valence-corrected chi connectivity index (χ1v) is 7.23. The van der Waals surface area contributed by atoms with E-state index in [0.717, 1.165) is 24.1 Å². The van der Waals surface area contributed by atoms with Crippen LogP contribution in [0.25, 0.3) is 0 Å². The molecule has 0 aromatic heterocycles. The van der Waals surface area contributed by atoms with Crippen molar-refractivity contribution in [3.8, 4) is 0 Å². The van der Waals surface area contributed by atoms with Crippen LogP contribution in [0.3, 0.4) is 0 Å². The smallest absolute Gasteiger partial charge is 0.255 e. The number of carbonyl (C=O) groups excluding carboxylic acids is 1. The summed E-state index contributed by atoms with van der Waals surface area (Å²) in [7, 11) is 1.83. The van der Waals surface area contributed by atoms with Gasteiger partial charge in [0.05, 0.1) is 11.2 Å². The zero-order valence-corrected chi connectivity index (χ0v) is 12.6. The largest absolute Gasteiger partial charge is 0.390 e. The summed E-state index contributed by atoms with van der Waals surface area (Å²) < 4.78 is 0. The van der Waals surface area contributed by atoms with Crippen molar-refractivity contribution in [1.82, 2.24) is 4.90 Å². The van der Waals surface area contributed by atoms with Gasteiger partial charge in [-0.3, -0.25) is 4.79 Å². The molecule has 1 aromatic rings. The standard InChI is InChI=1S/C16H24N2O2/c1-12-5-6-13(14(11-12)17-3)15(19)18-9-4-7-16(2,20)8-10-18/h5-6,11,17,20H,4,7-10H2,1-3H3. The molecule has 2 rings (SSSR count). The van der Waals surface area contributed by atoms with E-state index < -0.39 is 5.60 Å². The number of nitrogens with zero attached hydrogens (tertiary/aromatic N) is 1. The predicted molar refractivity (Wildman–Crippen MR) is 81.1 cm³/mol. The molecule has 0 saturated carbocycles. The second-order valence-corrected chi connectivity index (χ2v) is 5.94. The number of aliphatic hydroxyl groups is 1. The van der Waals surface area contributed by atoms with Gasteiger partial charge in [-0.25, -0.2) is 0 Å². The van der Waals surface area contributed by atoms with E-state index in [0.29, 0.717) is 25.1 Å². The van der Waals surface area contributed by atoms with E-state index >= 15 is 0 Å². The third-order valence-corrected chi connectivity index (χ3v) is 4.03. The Morgan fingerprint density at radius 3 is 2.80 bits per heavy atom. The summed E-state index contributed by atoms with van der Waals surface area (Å²) in [4.78, 5) is 14.5. The van der Waals surface area contributed by atoms with Crippen LogP contribution in [0.1, 0.15) is 42.1 Å². The summed E-state index contributed by atoms with van der Waals surface area (Å²) in [6.45, 7) is 5.19. The van der Waals surface area contributed by atoms with E-state index in [2.05, 4.69) is 5.32 Å². The number of nitrogens with one attached hydrogen (secondary N) is 1. The Balaban J connectivity index is 2.19. The molecule has 1 heterocycles. The molecule has 1 fully saturated rings. The lowest BCUT2D eigenvalue weighted by atomic mass is 9.98. The number of benzene rings is 1. The highest BCUT2D eigenvalue weighted by molar-refractivity contribution is 5.99. The lowest BCUT2D eigenvalue weighted by Gasteiger charge is -2.23. The van der Waals surface area contributed by atoms with Gasteiger partial charge >= 0.3 is 0 Å². The molecule has 1 aromatic carbocycles. The fraction of sp³-hybridized carbons (Fsp3) is 0.562. The fourth-order valence-electron chi connectivity index (χ4n) is 2.69. The summed E-state index contributed by atoms with van der Waals surface area (Å²) in [6.07, 6.45) is 2.24. The first kappa shape index (κ1) is 14.9. The summed E-state index contributed by atoms with van der Waals surface area (Å²) in [5, 5.41) is 13.2. The number of carbonyl (C=O) groups is 1. The predicted octanol–water partition coefficient (Wildman–Crippen LogP) is 2.41. The molecule has 1 aliphatic rings. The number of hydrogen-bond acceptors (Lipinski definition) is 3. The van der Waals surface area contributed by atoms with Gasteiger partial charge in [0.1, 0.15) is 0 Å². The van der Waals surface area contributed by atoms with Crippen LogP contribution < -0.4 is 5.32 Å². The minimum atomic E-state index is -0.645. The molecule has 1 aliphatic heterocycles. The van der Waals surface area contributed by atoms with Crippen molar-refractivity contribution in [2.45, 2.75) is 38.7 Å². The second kappa shape index (κ2) is 5.83. The van der Waals surface area contributed by atoms with E-state index in [1.54, 1.807) is 0 Å². The first-order chi connectivity index (χ1) is 9.43. The van der Waals surface area contributed by atoms with E-state index in [9.17, 15) is 9.90 Å². The van der Waals surface area contributed by atoms with Gasteiger partial charge < -0.3 is 15.3 Å². The van der Waals surface area contributed by atoms with Crippen molar-refractivity contribution in [3.63, 3.8) is 0 Å². The molecule has 0 bridgehead atoms. The summed E-state index contributed by atoms with van der Waals surface area (Å²) >= 11 is 0. The average molecular weight is 276 g/mol. The molecule has 20 heavy (non-hydrogen) atoms. The van der Waals surface area contributed by atoms with Crippen LogP contribution in [0.15, 0.2) is 18.2 Å². The van der Waals surface area contributed by atoms with E-state index in [1.165, 1.54) is 0 Å². The topological polar surface area (TPSA) is 52.6 Å². The van der Waals surface area contributed by atoms with Gasteiger partial charge in [0.2, 0.25) is 0 Å². The van der Waals surface area contributed by atoms with Gasteiger partial charge in [-0.2, -0.15) is 0 Å². The maximum Gasteiger partial charge on any atom is 0.255 e. The molecule has 0 radical (unpaired) electrons. The van der Waals surface area contributed by atoms with Crippen LogP contribution in [0.4, 0.5) is 5.69 Å². The van der Waals surface area contributed by atoms with Crippen molar-refractivity contribution >= 4 is 11.6 Å². The summed E-state index contributed by atoms with van der Waals surface area (Å²) in [6, 6.07) is 5.83. The van der Waals surface area contributed by atoms with Crippen LogP contribution in [0.5, 0.6) is 0 Å². The van der Waals surface area contributed by atoms with Gasteiger partial charge in [-0.1, -0.05) is 6.07 Å². The molecular formula is C16H24N2O2. The molecule has 4 nitrogen and oxygen atoms in total. The highest BCUT2D eigenvalue weighted by Crippen LogP contribution is 2.24. The highest BCUT2D eigenvalue weighted by atomic mass is 16.3. The molecule has 0 aliphatic carbocycles. The van der Waals surface area contributed by atoms with Crippen molar-refractivity contribution in [2.75, 3.05) is 25.5 Å². The molecule has 1 unspecified atom stereocenters. The normalized spacial score (nSPS) is 23.3. The van der Waals surface area contributed by atoms with Crippen molar-refractivity contribution < 1.29 is 9.90 Å². The lowest BCUT2D eigenvalue weighted by molar-refractivity contribution is 0.0438. The monoisotopic (exact) mass is 276 g/mol. The van der Waals surface area contributed by atoms with E-state index in [1.807, 2.05) is 44.0 Å². The Morgan fingerprint density at radius 1 is 1.35 bits per heavy atom. The van der Waals surface area contributed by atoms with Crippen LogP contribution in [-0.2, 0) is 0 Å². The Kier molecular flexibility index (Phi) is 4.33. The number of anilines is 1. The van der Waals surface area contributed by atoms with E-state index in [4.69, 9.17) is 0 Å². The van der Waals surface area contributed by atoms with Crippen molar-refractivity contribution in [1.29, 1.82) is 0 Å². The van der Waals surface area contributed by atoms with Crippen molar-refractivity contribution in [3.05, 3.63) is 29.3 Å². The van der Waals surface area contributed by atoms with Crippen LogP contribution >= 0.6 is 0 Å². The fourth-order valence-corrected chi connectivity index (χ4v) is 2.69. The third-order valence-electron chi connectivity index (χ3n) is 4.03. The maximum absolute atomic E-state index is 12.7. The van der Waals surface area contributed by atoms with Crippen LogP contribution in [-0.4, -0.2) is 41.7 Å². The van der Waals surface area contributed by atoms with Gasteiger partial charge in [0.25, 0.3) is 5.91 Å². The number of hydrogen-bond donors (Lipinski definition) is 2. The maximum atomic E-state index is 12.7. The first-order valence-electron chi connectivity index (χ1n) is 7.23. The highest BCUT2D eigenvalue weighted by Gasteiger charge is 2.28. The van der Waals surface area contributed by atoms with Crippen LogP contribution in [0.2, 0.25) is 0 Å². The Bertz CT molecular complexity index is 497. The molecule has 1 saturated heterocycles. The van der Waals surface area contributed by atoms with E-state index in [-0.39, 0.29) is 5.91 Å². The summed E-state index contributed by atoms with van der Waals surface area (Å²) in [5.74, 6) is 0.0482. The number of aryl methyl sites for hydroxylation is 1. The van der Waals surface area contributed by atoms with Crippen molar-refractivity contribution in [2.24, 2.45) is 0 Å². The third kappa shape index (κ3) is 3.31. The molecule has 2 N–H and O–H groups in total.